The van der Waals surface area contributed by atoms with E-state index in [0.29, 0.717) is 40.6 Å². The van der Waals surface area contributed by atoms with Crippen molar-refractivity contribution in [2.45, 2.75) is 31.9 Å². The summed E-state index contributed by atoms with van der Waals surface area (Å²) in [5, 5.41) is 22.3. The number of rotatable bonds is 8. The summed E-state index contributed by atoms with van der Waals surface area (Å²) in [6.07, 6.45) is 3.08. The van der Waals surface area contributed by atoms with Gasteiger partial charge in [-0.25, -0.2) is 0 Å². The Balaban J connectivity index is 1.47. The Bertz CT molecular complexity index is 1300. The maximum Gasteiger partial charge on any atom is 0.255 e. The number of carbonyl (C=O) groups excluding carboxylic acids is 2. The number of aliphatic hydroxyl groups excluding tert-OH is 2. The largest absolute Gasteiger partial charge is 0.497 e. The molecular weight excluding hydrogens is 464 g/mol. The second-order valence-electron chi connectivity index (χ2n) is 9.43. The number of aryl methyl sites for hydroxylation is 1. The molecule has 2 fully saturated rings. The summed E-state index contributed by atoms with van der Waals surface area (Å²) in [6, 6.07) is 6.89. The van der Waals surface area contributed by atoms with E-state index in [2.05, 4.69) is 15.3 Å². The number of benzene rings is 1. The van der Waals surface area contributed by atoms with E-state index >= 15 is 0 Å². The highest BCUT2D eigenvalue weighted by atomic mass is 16.5. The molecule has 2 amide bonds. The van der Waals surface area contributed by atoms with Crippen LogP contribution in [0.25, 0.3) is 22.2 Å². The summed E-state index contributed by atoms with van der Waals surface area (Å²) < 4.78 is 11.6. The van der Waals surface area contributed by atoms with E-state index in [1.807, 2.05) is 24.3 Å². The van der Waals surface area contributed by atoms with E-state index in [9.17, 15) is 14.7 Å². The number of methoxy groups -OCH3 is 1. The van der Waals surface area contributed by atoms with Gasteiger partial charge in [0.2, 0.25) is 5.91 Å². The highest BCUT2D eigenvalue weighted by molar-refractivity contribution is 6.10. The minimum Gasteiger partial charge on any atom is -0.497 e. The molecule has 1 saturated carbocycles. The molecule has 10 nitrogen and oxygen atoms in total. The number of aromatic amines is 1. The van der Waals surface area contributed by atoms with Crippen LogP contribution in [0, 0.1) is 12.8 Å². The molecule has 0 spiro atoms. The minimum atomic E-state index is -0.929. The highest BCUT2D eigenvalue weighted by Gasteiger charge is 2.35. The zero-order valence-corrected chi connectivity index (χ0v) is 20.3. The summed E-state index contributed by atoms with van der Waals surface area (Å²) in [4.78, 5) is 34.2. The van der Waals surface area contributed by atoms with E-state index in [-0.39, 0.29) is 13.1 Å². The number of likely N-dealkylation sites (tertiary alicyclic amines) is 1. The van der Waals surface area contributed by atoms with Gasteiger partial charge < -0.3 is 34.9 Å². The molecule has 2 aromatic heterocycles. The highest BCUT2D eigenvalue weighted by Crippen LogP contribution is 2.39. The smallest absolute Gasteiger partial charge is 0.255 e. The van der Waals surface area contributed by atoms with Crippen LogP contribution >= 0.6 is 0 Å². The molecule has 0 radical (unpaired) electrons. The normalized spacial score (nSPS) is 19.5. The van der Waals surface area contributed by atoms with E-state index in [0.717, 1.165) is 16.9 Å². The fourth-order valence-corrected chi connectivity index (χ4v) is 4.65. The molecule has 0 bridgehead atoms. The quantitative estimate of drug-likeness (QED) is 0.374. The van der Waals surface area contributed by atoms with Crippen molar-refractivity contribution < 1.29 is 29.3 Å². The summed E-state index contributed by atoms with van der Waals surface area (Å²) in [6.45, 7) is 1.99. The SMILES string of the molecule is COc1ccc(OCC2CC2)c(-c2ccnc3c(C(=O)N[C@@H]4CN(C(=O)CO)C[C@@H]4O)c(C)[nH]c23)c1. The van der Waals surface area contributed by atoms with Crippen molar-refractivity contribution in [3.8, 4) is 22.6 Å². The van der Waals surface area contributed by atoms with Crippen molar-refractivity contribution in [3.05, 3.63) is 41.7 Å². The number of aromatic nitrogens is 2. The fraction of sp³-hybridized carbons (Fsp3) is 0.423. The monoisotopic (exact) mass is 494 g/mol. The lowest BCUT2D eigenvalue weighted by Crippen LogP contribution is -2.43. The van der Waals surface area contributed by atoms with Gasteiger partial charge in [-0.05, 0) is 49.9 Å². The lowest BCUT2D eigenvalue weighted by molar-refractivity contribution is -0.133. The molecule has 1 saturated heterocycles. The average Bonchev–Trinajstić information content (AvgIpc) is 3.55. The number of β-amino-alcohol motifs (C(OH)–C–C–N with tert-alkyl or cyclic N) is 1. The Kier molecular flexibility index (Phi) is 6.55. The topological polar surface area (TPSA) is 137 Å². The molecule has 36 heavy (non-hydrogen) atoms. The first-order chi connectivity index (χ1) is 17.4. The number of nitrogens with zero attached hydrogens (tertiary/aromatic N) is 2. The number of aliphatic hydroxyl groups is 2. The third kappa shape index (κ3) is 4.61. The Labute approximate surface area is 208 Å². The lowest BCUT2D eigenvalue weighted by Gasteiger charge is -2.16. The second-order valence-corrected chi connectivity index (χ2v) is 9.43. The van der Waals surface area contributed by atoms with Gasteiger partial charge in [0.25, 0.3) is 5.91 Å². The van der Waals surface area contributed by atoms with E-state index in [1.54, 1.807) is 20.2 Å². The molecule has 5 rings (SSSR count). The van der Waals surface area contributed by atoms with Crippen LogP contribution in [0.2, 0.25) is 0 Å². The first-order valence-electron chi connectivity index (χ1n) is 12.1. The van der Waals surface area contributed by atoms with Gasteiger partial charge in [0.05, 0.1) is 36.9 Å². The predicted octanol–water partition coefficient (Wildman–Crippen LogP) is 1.63. The van der Waals surface area contributed by atoms with Crippen molar-refractivity contribution in [2.75, 3.05) is 33.4 Å². The van der Waals surface area contributed by atoms with Gasteiger partial charge in [0.1, 0.15) is 23.6 Å². The number of pyridine rings is 1. The number of carbonyl (C=O) groups is 2. The molecule has 0 unspecified atom stereocenters. The summed E-state index contributed by atoms with van der Waals surface area (Å²) in [5.74, 6) is 1.12. The molecule has 1 aliphatic heterocycles. The molecule has 2 aliphatic rings. The van der Waals surface area contributed by atoms with Gasteiger partial charge >= 0.3 is 0 Å². The molecule has 2 atom stereocenters. The number of hydrogen-bond acceptors (Lipinski definition) is 7. The predicted molar refractivity (Wildman–Crippen MR) is 132 cm³/mol. The molecular formula is C26H30N4O6. The molecule has 10 heteroatoms. The van der Waals surface area contributed by atoms with Crippen LogP contribution in [-0.2, 0) is 4.79 Å². The Morgan fingerprint density at radius 2 is 2.03 bits per heavy atom. The van der Waals surface area contributed by atoms with Crippen LogP contribution in [-0.4, -0.2) is 82.5 Å². The van der Waals surface area contributed by atoms with E-state index < -0.39 is 30.6 Å². The van der Waals surface area contributed by atoms with Crippen LogP contribution in [0.4, 0.5) is 0 Å². The van der Waals surface area contributed by atoms with Gasteiger partial charge in [-0.1, -0.05) is 0 Å². The van der Waals surface area contributed by atoms with Crippen LogP contribution in [0.15, 0.2) is 30.5 Å². The summed E-state index contributed by atoms with van der Waals surface area (Å²) >= 11 is 0. The van der Waals surface area contributed by atoms with Crippen molar-refractivity contribution >= 4 is 22.8 Å². The Morgan fingerprint density at radius 3 is 2.75 bits per heavy atom. The van der Waals surface area contributed by atoms with Crippen molar-refractivity contribution in [1.29, 1.82) is 0 Å². The number of ether oxygens (including phenoxy) is 2. The Morgan fingerprint density at radius 1 is 1.22 bits per heavy atom. The zero-order chi connectivity index (χ0) is 25.4. The second kappa shape index (κ2) is 9.79. The van der Waals surface area contributed by atoms with Crippen molar-refractivity contribution in [2.24, 2.45) is 5.92 Å². The van der Waals surface area contributed by atoms with Gasteiger partial charge in [-0.15, -0.1) is 0 Å². The van der Waals surface area contributed by atoms with Gasteiger partial charge in [-0.2, -0.15) is 0 Å². The van der Waals surface area contributed by atoms with Crippen LogP contribution in [0.5, 0.6) is 11.5 Å². The average molecular weight is 495 g/mol. The number of hydrogen-bond donors (Lipinski definition) is 4. The van der Waals surface area contributed by atoms with E-state index in [4.69, 9.17) is 14.6 Å². The van der Waals surface area contributed by atoms with Crippen molar-refractivity contribution in [3.63, 3.8) is 0 Å². The molecule has 190 valence electrons. The number of H-pyrrole nitrogens is 1. The number of fused-ring (bicyclic) bond motifs is 1. The van der Waals surface area contributed by atoms with E-state index in [1.165, 1.54) is 17.7 Å². The van der Waals surface area contributed by atoms with Crippen molar-refractivity contribution in [1.82, 2.24) is 20.2 Å². The van der Waals surface area contributed by atoms with Gasteiger partial charge in [-0.3, -0.25) is 14.6 Å². The molecule has 3 aromatic rings. The maximum atomic E-state index is 13.3. The summed E-state index contributed by atoms with van der Waals surface area (Å²) in [7, 11) is 1.61. The first kappa shape index (κ1) is 24.1. The number of nitrogens with one attached hydrogen (secondary N) is 2. The number of amides is 2. The third-order valence-electron chi connectivity index (χ3n) is 6.84. The third-order valence-corrected chi connectivity index (χ3v) is 6.84. The lowest BCUT2D eigenvalue weighted by atomic mass is 10.0. The fourth-order valence-electron chi connectivity index (χ4n) is 4.65. The standard InChI is InChI=1S/C26H30N4O6/c1-14-23(26(34)29-19-10-30(11-20(19)32)22(33)12-31)25-24(28-14)17(7-8-27-25)18-9-16(35-2)5-6-21(18)36-13-15-3-4-15/h5-9,15,19-20,28,31-32H,3-4,10-13H2,1-2H3,(H,29,34)/t19-,20+/m1/s1. The van der Waals surface area contributed by atoms with Crippen LogP contribution < -0.4 is 14.8 Å². The summed E-state index contributed by atoms with van der Waals surface area (Å²) in [5.41, 5.74) is 3.84. The first-order valence-corrected chi connectivity index (χ1v) is 12.1. The zero-order valence-electron chi connectivity index (χ0n) is 20.3. The van der Waals surface area contributed by atoms with Gasteiger partial charge in [0.15, 0.2) is 0 Å². The van der Waals surface area contributed by atoms with Gasteiger partial charge in [0, 0.05) is 36.1 Å². The molecule has 1 aromatic carbocycles. The molecule has 1 aliphatic carbocycles. The molecule has 3 heterocycles. The minimum absolute atomic E-state index is 0.0546. The van der Waals surface area contributed by atoms with Crippen LogP contribution in [0.3, 0.4) is 0 Å². The maximum absolute atomic E-state index is 13.3. The molecule has 4 N–H and O–H groups in total. The van der Waals surface area contributed by atoms with Crippen LogP contribution in [0.1, 0.15) is 28.9 Å². The Hall–Kier alpha value is -3.63.